The third-order valence-corrected chi connectivity index (χ3v) is 3.82. The molecular weight excluding hydrogens is 274 g/mol. The Bertz CT molecular complexity index is 550. The van der Waals surface area contributed by atoms with Crippen molar-refractivity contribution in [1.82, 2.24) is 10.2 Å². The van der Waals surface area contributed by atoms with E-state index in [4.69, 9.17) is 0 Å². The van der Waals surface area contributed by atoms with Crippen molar-refractivity contribution in [3.8, 4) is 0 Å². The average molecular weight is 297 g/mol. The van der Waals surface area contributed by atoms with E-state index in [1.54, 1.807) is 7.05 Å². The fraction of sp³-hybridized carbons (Fsp3) is 0.500. The summed E-state index contributed by atoms with van der Waals surface area (Å²) in [6.07, 6.45) is 1.23. The second kappa shape index (κ2) is 7.28. The Balaban J connectivity index is 2.55. The van der Waals surface area contributed by atoms with Crippen molar-refractivity contribution in [2.45, 2.75) is 13.5 Å². The van der Waals surface area contributed by atoms with E-state index in [2.05, 4.69) is 41.5 Å². The van der Waals surface area contributed by atoms with Crippen LogP contribution in [-0.2, 0) is 16.4 Å². The van der Waals surface area contributed by atoms with Gasteiger partial charge in [-0.3, -0.25) is 4.99 Å². The molecule has 1 aromatic carbocycles. The van der Waals surface area contributed by atoms with Crippen molar-refractivity contribution in [2.75, 3.05) is 32.6 Å². The fourth-order valence-electron chi connectivity index (χ4n) is 1.78. The van der Waals surface area contributed by atoms with Crippen LogP contribution in [0.15, 0.2) is 29.3 Å². The molecule has 0 saturated heterocycles. The minimum atomic E-state index is -2.95. The monoisotopic (exact) mass is 297 g/mol. The summed E-state index contributed by atoms with van der Waals surface area (Å²) in [5.41, 5.74) is 2.41. The molecule has 0 aromatic heterocycles. The zero-order chi connectivity index (χ0) is 15.2. The lowest BCUT2D eigenvalue weighted by Crippen LogP contribution is -2.40. The predicted octanol–water partition coefficient (Wildman–Crippen LogP) is 1.05. The molecule has 6 heteroatoms. The summed E-state index contributed by atoms with van der Waals surface area (Å²) in [6, 6.07) is 8.30. The lowest BCUT2D eigenvalue weighted by Gasteiger charge is -2.22. The van der Waals surface area contributed by atoms with Gasteiger partial charge in [0.05, 0.1) is 5.75 Å². The van der Waals surface area contributed by atoms with E-state index in [1.165, 1.54) is 17.4 Å². The van der Waals surface area contributed by atoms with Gasteiger partial charge in [0.25, 0.3) is 0 Å². The van der Waals surface area contributed by atoms with E-state index in [0.717, 1.165) is 6.54 Å². The molecule has 112 valence electrons. The third kappa shape index (κ3) is 6.06. The van der Waals surface area contributed by atoms with Crippen LogP contribution in [-0.4, -0.2) is 51.9 Å². The lowest BCUT2D eigenvalue weighted by molar-refractivity contribution is 0.478. The quantitative estimate of drug-likeness (QED) is 0.652. The molecule has 1 rings (SSSR count). The van der Waals surface area contributed by atoms with Gasteiger partial charge in [-0.25, -0.2) is 8.42 Å². The molecule has 0 amide bonds. The summed E-state index contributed by atoms with van der Waals surface area (Å²) in [4.78, 5) is 6.12. The van der Waals surface area contributed by atoms with E-state index < -0.39 is 9.84 Å². The molecule has 0 heterocycles. The van der Waals surface area contributed by atoms with Gasteiger partial charge in [0.2, 0.25) is 0 Å². The molecule has 20 heavy (non-hydrogen) atoms. The zero-order valence-corrected chi connectivity index (χ0v) is 13.4. The lowest BCUT2D eigenvalue weighted by atomic mass is 10.1. The maximum absolute atomic E-state index is 11.1. The maximum Gasteiger partial charge on any atom is 0.193 e. The topological polar surface area (TPSA) is 61.8 Å². The second-order valence-electron chi connectivity index (χ2n) is 4.95. The number of hydrogen-bond donors (Lipinski definition) is 1. The van der Waals surface area contributed by atoms with Crippen LogP contribution in [0.25, 0.3) is 0 Å². The summed E-state index contributed by atoms with van der Waals surface area (Å²) >= 11 is 0. The first kappa shape index (κ1) is 16.5. The van der Waals surface area contributed by atoms with Crippen LogP contribution < -0.4 is 5.32 Å². The molecule has 0 aliphatic rings. The van der Waals surface area contributed by atoms with Crippen LogP contribution >= 0.6 is 0 Å². The van der Waals surface area contributed by atoms with Crippen molar-refractivity contribution in [3.63, 3.8) is 0 Å². The number of aliphatic imine (C=N–C) groups is 1. The Kier molecular flexibility index (Phi) is 6.01. The Morgan fingerprint density at radius 2 is 1.90 bits per heavy atom. The molecule has 0 unspecified atom stereocenters. The Morgan fingerprint density at radius 3 is 2.40 bits per heavy atom. The molecule has 0 bridgehead atoms. The highest BCUT2D eigenvalue weighted by molar-refractivity contribution is 7.90. The van der Waals surface area contributed by atoms with Gasteiger partial charge in [0.15, 0.2) is 5.96 Å². The van der Waals surface area contributed by atoms with Gasteiger partial charge >= 0.3 is 0 Å². The minimum Gasteiger partial charge on any atom is -0.355 e. The Hall–Kier alpha value is -1.56. The average Bonchev–Trinajstić information content (AvgIpc) is 2.36. The first-order valence-corrected chi connectivity index (χ1v) is 8.53. The SMILES string of the molecule is CN=C(NCCS(C)(=O)=O)N(C)Cc1ccc(C)cc1. The summed E-state index contributed by atoms with van der Waals surface area (Å²) in [7, 11) is 0.662. The second-order valence-corrected chi connectivity index (χ2v) is 7.21. The standard InChI is InChI=1S/C14H23N3O2S/c1-12-5-7-13(8-6-12)11-17(3)14(15-2)16-9-10-20(4,18)19/h5-8H,9-11H2,1-4H3,(H,15,16). The van der Waals surface area contributed by atoms with Gasteiger partial charge in [0, 0.05) is 33.4 Å². The predicted molar refractivity (Wildman–Crippen MR) is 83.7 cm³/mol. The number of benzene rings is 1. The Morgan fingerprint density at radius 1 is 1.30 bits per heavy atom. The number of hydrogen-bond acceptors (Lipinski definition) is 3. The summed E-state index contributed by atoms with van der Waals surface area (Å²) in [5.74, 6) is 0.791. The van der Waals surface area contributed by atoms with E-state index in [-0.39, 0.29) is 5.75 Å². The molecule has 0 radical (unpaired) electrons. The number of rotatable bonds is 5. The summed E-state index contributed by atoms with van der Waals surface area (Å²) < 4.78 is 22.2. The van der Waals surface area contributed by atoms with Crippen LogP contribution in [0, 0.1) is 6.92 Å². The van der Waals surface area contributed by atoms with Crippen molar-refractivity contribution in [1.29, 1.82) is 0 Å². The highest BCUT2D eigenvalue weighted by Gasteiger charge is 2.08. The number of nitrogens with one attached hydrogen (secondary N) is 1. The molecule has 0 aliphatic heterocycles. The third-order valence-electron chi connectivity index (χ3n) is 2.87. The van der Waals surface area contributed by atoms with Crippen molar-refractivity contribution in [3.05, 3.63) is 35.4 Å². The molecule has 0 saturated carbocycles. The molecule has 5 nitrogen and oxygen atoms in total. The van der Waals surface area contributed by atoms with Gasteiger partial charge < -0.3 is 10.2 Å². The van der Waals surface area contributed by atoms with Gasteiger partial charge in [-0.05, 0) is 12.5 Å². The van der Waals surface area contributed by atoms with E-state index in [9.17, 15) is 8.42 Å². The molecule has 1 N–H and O–H groups in total. The van der Waals surface area contributed by atoms with Crippen LogP contribution in [0.1, 0.15) is 11.1 Å². The van der Waals surface area contributed by atoms with Crippen LogP contribution in [0.2, 0.25) is 0 Å². The van der Waals surface area contributed by atoms with Gasteiger partial charge in [0.1, 0.15) is 9.84 Å². The van der Waals surface area contributed by atoms with E-state index in [1.807, 2.05) is 11.9 Å². The number of nitrogens with zero attached hydrogens (tertiary/aromatic N) is 2. The molecule has 1 aromatic rings. The Labute approximate surface area is 121 Å². The zero-order valence-electron chi connectivity index (χ0n) is 12.5. The fourth-order valence-corrected chi connectivity index (χ4v) is 2.25. The number of aryl methyl sites for hydroxylation is 1. The summed E-state index contributed by atoms with van der Waals surface area (Å²) in [6.45, 7) is 3.14. The van der Waals surface area contributed by atoms with E-state index >= 15 is 0 Å². The highest BCUT2D eigenvalue weighted by atomic mass is 32.2. The van der Waals surface area contributed by atoms with Gasteiger partial charge in [-0.2, -0.15) is 0 Å². The summed E-state index contributed by atoms with van der Waals surface area (Å²) in [5, 5.41) is 3.05. The smallest absolute Gasteiger partial charge is 0.193 e. The number of sulfone groups is 1. The molecule has 0 spiro atoms. The van der Waals surface area contributed by atoms with Crippen LogP contribution in [0.5, 0.6) is 0 Å². The van der Waals surface area contributed by atoms with Crippen LogP contribution in [0.4, 0.5) is 0 Å². The first-order chi connectivity index (χ1) is 9.31. The highest BCUT2D eigenvalue weighted by Crippen LogP contribution is 2.05. The number of guanidine groups is 1. The maximum atomic E-state index is 11.1. The van der Waals surface area contributed by atoms with Gasteiger partial charge in [-0.1, -0.05) is 29.8 Å². The largest absolute Gasteiger partial charge is 0.355 e. The first-order valence-electron chi connectivity index (χ1n) is 6.47. The minimum absolute atomic E-state index is 0.102. The molecule has 0 atom stereocenters. The van der Waals surface area contributed by atoms with E-state index in [0.29, 0.717) is 12.5 Å². The molecule has 0 fully saturated rings. The molecule has 0 aliphatic carbocycles. The molecular formula is C14H23N3O2S. The van der Waals surface area contributed by atoms with Gasteiger partial charge in [-0.15, -0.1) is 0 Å². The van der Waals surface area contributed by atoms with Crippen molar-refractivity contribution in [2.24, 2.45) is 4.99 Å². The van der Waals surface area contributed by atoms with Crippen molar-refractivity contribution < 1.29 is 8.42 Å². The van der Waals surface area contributed by atoms with Crippen LogP contribution in [0.3, 0.4) is 0 Å². The van der Waals surface area contributed by atoms with Crippen molar-refractivity contribution >= 4 is 15.8 Å². The normalized spacial score (nSPS) is 12.3.